The van der Waals surface area contributed by atoms with Gasteiger partial charge in [0.2, 0.25) is 0 Å². The lowest BCUT2D eigenvalue weighted by Crippen LogP contribution is -2.52. The lowest BCUT2D eigenvalue weighted by molar-refractivity contribution is 0.474. The van der Waals surface area contributed by atoms with Crippen molar-refractivity contribution in [1.82, 2.24) is 13.7 Å². The van der Waals surface area contributed by atoms with Gasteiger partial charge in [0, 0.05) is 0 Å². The second-order valence-corrected chi connectivity index (χ2v) is 6.40. The molecule has 0 aliphatic rings. The van der Waals surface area contributed by atoms with Crippen molar-refractivity contribution in [3.8, 4) is 34.3 Å². The van der Waals surface area contributed by atoms with Crippen LogP contribution in [0.2, 0.25) is 0 Å². The number of benzene rings is 3. The van der Waals surface area contributed by atoms with Crippen molar-refractivity contribution in [2.24, 2.45) is 0 Å². The summed E-state index contributed by atoms with van der Waals surface area (Å²) in [6, 6.07) is 16.0. The van der Waals surface area contributed by atoms with E-state index in [0.717, 1.165) is 13.7 Å². The number of phenolic OH excluding ortho intramolecular Hbond substituents is 3. The van der Waals surface area contributed by atoms with Crippen molar-refractivity contribution in [1.29, 1.82) is 0 Å². The van der Waals surface area contributed by atoms with Crippen LogP contribution in [-0.4, -0.2) is 29.0 Å². The lowest BCUT2D eigenvalue weighted by atomic mass is 10.3. The van der Waals surface area contributed by atoms with E-state index in [4.69, 9.17) is 0 Å². The molecule has 0 fully saturated rings. The van der Waals surface area contributed by atoms with E-state index in [1.54, 1.807) is 0 Å². The van der Waals surface area contributed by atoms with E-state index in [1.165, 1.54) is 72.8 Å². The lowest BCUT2D eigenvalue weighted by Gasteiger charge is -2.14. The number of phenols is 3. The molecule has 30 heavy (non-hydrogen) atoms. The highest BCUT2D eigenvalue weighted by Crippen LogP contribution is 2.14. The van der Waals surface area contributed by atoms with Crippen molar-refractivity contribution in [3.05, 3.63) is 104 Å². The van der Waals surface area contributed by atoms with Gasteiger partial charge in [-0.3, -0.25) is 0 Å². The highest BCUT2D eigenvalue weighted by atomic mass is 16.3. The predicted molar refractivity (Wildman–Crippen MR) is 108 cm³/mol. The number of rotatable bonds is 3. The topological polar surface area (TPSA) is 127 Å². The molecule has 9 nitrogen and oxygen atoms in total. The normalized spacial score (nSPS) is 10.8. The molecular formula is C21H15N3O6. The minimum absolute atomic E-state index is 0.0579. The average molecular weight is 405 g/mol. The maximum atomic E-state index is 13.2. The number of hydrogen-bond donors (Lipinski definition) is 3. The number of aromatic nitrogens is 3. The van der Waals surface area contributed by atoms with Gasteiger partial charge in [-0.25, -0.2) is 28.1 Å². The van der Waals surface area contributed by atoms with Crippen molar-refractivity contribution in [2.45, 2.75) is 0 Å². The van der Waals surface area contributed by atoms with Crippen LogP contribution >= 0.6 is 0 Å². The molecule has 9 heteroatoms. The van der Waals surface area contributed by atoms with E-state index in [2.05, 4.69) is 0 Å². The fourth-order valence-corrected chi connectivity index (χ4v) is 3.01. The van der Waals surface area contributed by atoms with Crippen molar-refractivity contribution in [2.75, 3.05) is 0 Å². The fraction of sp³-hybridized carbons (Fsp3) is 0. The summed E-state index contributed by atoms with van der Waals surface area (Å²) in [5, 5.41) is 28.6. The molecule has 0 saturated carbocycles. The Kier molecular flexibility index (Phi) is 4.47. The highest BCUT2D eigenvalue weighted by Gasteiger charge is 2.19. The van der Waals surface area contributed by atoms with Gasteiger partial charge in [-0.15, -0.1) is 0 Å². The van der Waals surface area contributed by atoms with Gasteiger partial charge in [0.1, 0.15) is 17.2 Å². The molecule has 0 bridgehead atoms. The minimum atomic E-state index is -0.920. The first-order valence-electron chi connectivity index (χ1n) is 8.76. The molecule has 1 heterocycles. The fourth-order valence-electron chi connectivity index (χ4n) is 3.01. The SMILES string of the molecule is O=c1n(-c2ccc(O)cc2)c(=O)n(-c2ccc(O)cc2)c(=O)n1-c1ccc(O)cc1. The Hall–Kier alpha value is -4.53. The second kappa shape index (κ2) is 7.13. The summed E-state index contributed by atoms with van der Waals surface area (Å²) in [5.74, 6) is -0.174. The molecule has 0 aliphatic heterocycles. The molecule has 3 aromatic carbocycles. The molecule has 0 amide bonds. The summed E-state index contributed by atoms with van der Waals surface area (Å²) in [6.45, 7) is 0. The largest absolute Gasteiger partial charge is 0.508 e. The first kappa shape index (κ1) is 18.8. The van der Waals surface area contributed by atoms with Crippen LogP contribution in [0.5, 0.6) is 17.2 Å². The smallest absolute Gasteiger partial charge is 0.345 e. The summed E-state index contributed by atoms with van der Waals surface area (Å²) in [7, 11) is 0. The van der Waals surface area contributed by atoms with E-state index in [0.29, 0.717) is 0 Å². The summed E-state index contributed by atoms with van der Waals surface area (Å²) in [6.07, 6.45) is 0. The van der Waals surface area contributed by atoms with E-state index in [9.17, 15) is 29.7 Å². The van der Waals surface area contributed by atoms with Crippen LogP contribution in [0.25, 0.3) is 17.1 Å². The van der Waals surface area contributed by atoms with Gasteiger partial charge in [0.05, 0.1) is 17.1 Å². The standard InChI is InChI=1S/C21H15N3O6/c25-16-7-1-13(2-8-16)22-19(28)23(14-3-9-17(26)10-4-14)21(30)24(20(22)29)15-5-11-18(27)12-6-15/h1-12,25-27H. The third-order valence-electron chi connectivity index (χ3n) is 4.47. The summed E-state index contributed by atoms with van der Waals surface area (Å²) >= 11 is 0. The average Bonchev–Trinajstić information content (AvgIpc) is 2.72. The molecule has 1 aromatic heterocycles. The number of hydrogen-bond acceptors (Lipinski definition) is 6. The molecule has 0 radical (unpaired) electrons. The first-order valence-corrected chi connectivity index (χ1v) is 8.76. The van der Waals surface area contributed by atoms with Gasteiger partial charge in [-0.1, -0.05) is 0 Å². The maximum Gasteiger partial charge on any atom is 0.345 e. The summed E-state index contributed by atoms with van der Waals surface area (Å²) in [5.41, 5.74) is -2.34. The van der Waals surface area contributed by atoms with Crippen molar-refractivity contribution < 1.29 is 15.3 Å². The monoisotopic (exact) mass is 405 g/mol. The minimum Gasteiger partial charge on any atom is -0.508 e. The zero-order valence-corrected chi connectivity index (χ0v) is 15.3. The van der Waals surface area contributed by atoms with E-state index in [1.807, 2.05) is 0 Å². The molecule has 3 N–H and O–H groups in total. The first-order chi connectivity index (χ1) is 14.4. The molecule has 0 saturated heterocycles. The van der Waals surface area contributed by atoms with Crippen LogP contribution in [0.15, 0.2) is 87.2 Å². The van der Waals surface area contributed by atoms with Crippen LogP contribution < -0.4 is 17.1 Å². The Balaban J connectivity index is 2.13. The molecule has 0 spiro atoms. The molecule has 0 atom stereocenters. The van der Waals surface area contributed by atoms with Gasteiger partial charge in [0.15, 0.2) is 0 Å². The summed E-state index contributed by atoms with van der Waals surface area (Å²) in [4.78, 5) is 39.5. The number of aromatic hydroxyl groups is 3. The zero-order chi connectivity index (χ0) is 21.4. The third-order valence-corrected chi connectivity index (χ3v) is 4.47. The Morgan fingerprint density at radius 2 is 0.600 bits per heavy atom. The van der Waals surface area contributed by atoms with Crippen molar-refractivity contribution >= 4 is 0 Å². The predicted octanol–water partition coefficient (Wildman–Crippen LogP) is 1.26. The zero-order valence-electron chi connectivity index (χ0n) is 15.3. The van der Waals surface area contributed by atoms with Crippen LogP contribution in [0.3, 0.4) is 0 Å². The Bertz CT molecular complexity index is 1190. The Labute approximate surface area is 168 Å². The maximum absolute atomic E-state index is 13.2. The molecule has 0 unspecified atom stereocenters. The number of nitrogens with zero attached hydrogens (tertiary/aromatic N) is 3. The summed E-state index contributed by atoms with van der Waals surface area (Å²) < 4.78 is 2.38. The van der Waals surface area contributed by atoms with Gasteiger partial charge >= 0.3 is 17.1 Å². The second-order valence-electron chi connectivity index (χ2n) is 6.40. The van der Waals surface area contributed by atoms with Crippen molar-refractivity contribution in [3.63, 3.8) is 0 Å². The Morgan fingerprint density at radius 3 is 0.800 bits per heavy atom. The Morgan fingerprint density at radius 1 is 0.400 bits per heavy atom. The van der Waals surface area contributed by atoms with Gasteiger partial charge in [-0.2, -0.15) is 0 Å². The van der Waals surface area contributed by atoms with Crippen LogP contribution in [0, 0.1) is 0 Å². The molecule has 4 rings (SSSR count). The van der Waals surface area contributed by atoms with Crippen LogP contribution in [0.1, 0.15) is 0 Å². The van der Waals surface area contributed by atoms with Gasteiger partial charge < -0.3 is 15.3 Å². The molecule has 4 aromatic rings. The molecular weight excluding hydrogens is 390 g/mol. The van der Waals surface area contributed by atoms with E-state index in [-0.39, 0.29) is 34.3 Å². The van der Waals surface area contributed by atoms with Gasteiger partial charge in [0.25, 0.3) is 0 Å². The molecule has 0 aliphatic carbocycles. The quantitative estimate of drug-likeness (QED) is 0.471. The van der Waals surface area contributed by atoms with E-state index >= 15 is 0 Å². The highest BCUT2D eigenvalue weighted by molar-refractivity contribution is 5.41. The van der Waals surface area contributed by atoms with E-state index < -0.39 is 17.1 Å². The van der Waals surface area contributed by atoms with Gasteiger partial charge in [-0.05, 0) is 72.8 Å². The van der Waals surface area contributed by atoms with Crippen LogP contribution in [-0.2, 0) is 0 Å². The van der Waals surface area contributed by atoms with Crippen LogP contribution in [0.4, 0.5) is 0 Å². The molecule has 150 valence electrons. The third kappa shape index (κ3) is 3.14.